The highest BCUT2D eigenvalue weighted by molar-refractivity contribution is 6.11. The summed E-state index contributed by atoms with van der Waals surface area (Å²) in [5.41, 5.74) is 0.0337. The molecule has 0 aliphatic heterocycles. The molecule has 0 spiro atoms. The lowest BCUT2D eigenvalue weighted by molar-refractivity contribution is -0.123. The van der Waals surface area contributed by atoms with Crippen molar-refractivity contribution in [1.82, 2.24) is 9.88 Å². The number of carbonyl (C=O) groups excluding carboxylic acids is 2. The van der Waals surface area contributed by atoms with E-state index < -0.39 is 11.9 Å². The van der Waals surface area contributed by atoms with E-state index in [4.69, 9.17) is 0 Å². The van der Waals surface area contributed by atoms with Gasteiger partial charge < -0.3 is 5.32 Å². The van der Waals surface area contributed by atoms with Crippen LogP contribution in [0.1, 0.15) is 55.9 Å². The maximum absolute atomic E-state index is 13.0. The first-order chi connectivity index (χ1) is 13.1. The second-order valence-electron chi connectivity index (χ2n) is 6.74. The molecule has 0 radical (unpaired) electrons. The zero-order valence-electron chi connectivity index (χ0n) is 16.1. The number of nitrogens with one attached hydrogen (secondary N) is 1. The van der Waals surface area contributed by atoms with Crippen molar-refractivity contribution >= 4 is 11.7 Å². The lowest BCUT2D eigenvalue weighted by atomic mass is 9.98. The van der Waals surface area contributed by atoms with Crippen molar-refractivity contribution in [2.24, 2.45) is 5.92 Å². The van der Waals surface area contributed by atoms with E-state index in [1.165, 1.54) is 16.8 Å². The number of carbonyl (C=O) groups is 2. The Morgan fingerprint density at radius 3 is 2.37 bits per heavy atom. The van der Waals surface area contributed by atoms with Gasteiger partial charge in [0.05, 0.1) is 0 Å². The van der Waals surface area contributed by atoms with E-state index in [2.05, 4.69) is 19.2 Å². The molecule has 27 heavy (non-hydrogen) atoms. The van der Waals surface area contributed by atoms with Gasteiger partial charge in [-0.05, 0) is 18.4 Å². The van der Waals surface area contributed by atoms with Crippen molar-refractivity contribution < 1.29 is 9.59 Å². The van der Waals surface area contributed by atoms with Gasteiger partial charge in [0, 0.05) is 24.4 Å². The predicted octanol–water partition coefficient (Wildman–Crippen LogP) is 3.60. The molecule has 1 N–H and O–H groups in total. The molecule has 0 bridgehead atoms. The maximum Gasteiger partial charge on any atom is 0.251 e. The van der Waals surface area contributed by atoms with Gasteiger partial charge >= 0.3 is 0 Å². The fourth-order valence-corrected chi connectivity index (χ4v) is 3.07. The molecule has 1 heterocycles. The molecule has 1 amide bonds. The second-order valence-corrected chi connectivity index (χ2v) is 6.74. The first kappa shape index (κ1) is 20.6. The summed E-state index contributed by atoms with van der Waals surface area (Å²) in [7, 11) is 0. The lowest BCUT2D eigenvalue weighted by Gasteiger charge is -2.21. The fraction of sp³-hybridized carbons (Fsp3) is 0.409. The summed E-state index contributed by atoms with van der Waals surface area (Å²) in [6.45, 7) is 4.75. The highest BCUT2D eigenvalue weighted by atomic mass is 16.2. The Morgan fingerprint density at radius 1 is 1.04 bits per heavy atom. The average molecular weight is 368 g/mol. The van der Waals surface area contributed by atoms with Gasteiger partial charge in [0.15, 0.2) is 11.8 Å². The van der Waals surface area contributed by atoms with Crippen LogP contribution < -0.4 is 10.9 Å². The number of hydrogen-bond acceptors (Lipinski definition) is 3. The molecule has 0 aliphatic carbocycles. The number of unbranched alkanes of at least 4 members (excludes halogenated alkanes) is 1. The van der Waals surface area contributed by atoms with Crippen LogP contribution in [0.15, 0.2) is 59.5 Å². The number of ketones is 1. The first-order valence-corrected chi connectivity index (χ1v) is 9.62. The Morgan fingerprint density at radius 2 is 1.74 bits per heavy atom. The number of amides is 1. The van der Waals surface area contributed by atoms with E-state index in [0.29, 0.717) is 18.0 Å². The molecular weight excluding hydrogens is 340 g/mol. The molecule has 2 aromatic rings. The Kier molecular flexibility index (Phi) is 7.99. The third-order valence-corrected chi connectivity index (χ3v) is 4.79. The Hall–Kier alpha value is -2.69. The standard InChI is InChI=1S/C22H28N2O3/c1-3-5-11-17(4-2)16-23-22(27)20(24-15-10-9-14-19(24)25)21(26)18-12-7-6-8-13-18/h6-10,12-15,17,20H,3-5,11,16H2,1-2H3,(H,23,27)/t17-,20+/m0/s1. The van der Waals surface area contributed by atoms with Crippen molar-refractivity contribution in [1.29, 1.82) is 0 Å². The Balaban J connectivity index is 2.24. The van der Waals surface area contributed by atoms with Crippen LogP contribution >= 0.6 is 0 Å². The summed E-state index contributed by atoms with van der Waals surface area (Å²) in [5, 5.41) is 2.90. The molecule has 1 aromatic carbocycles. The number of aromatic nitrogens is 1. The van der Waals surface area contributed by atoms with Crippen LogP contribution in [0.5, 0.6) is 0 Å². The van der Waals surface area contributed by atoms with Crippen molar-refractivity contribution in [2.45, 2.75) is 45.6 Å². The van der Waals surface area contributed by atoms with Gasteiger partial charge in [0.1, 0.15) is 0 Å². The molecule has 2 atom stereocenters. The lowest BCUT2D eigenvalue weighted by Crippen LogP contribution is -2.42. The summed E-state index contributed by atoms with van der Waals surface area (Å²) in [5.74, 6) is -0.455. The normalized spacial score (nSPS) is 13.0. The summed E-state index contributed by atoms with van der Waals surface area (Å²) in [6.07, 6.45) is 5.71. The van der Waals surface area contributed by atoms with Crippen molar-refractivity contribution in [2.75, 3.05) is 6.54 Å². The average Bonchev–Trinajstić information content (AvgIpc) is 2.70. The second kappa shape index (κ2) is 10.5. The molecule has 0 saturated carbocycles. The topological polar surface area (TPSA) is 68.2 Å². The monoisotopic (exact) mass is 368 g/mol. The molecule has 0 aliphatic rings. The summed E-state index contributed by atoms with van der Waals surface area (Å²) < 4.78 is 1.21. The quantitative estimate of drug-likeness (QED) is 0.515. The molecule has 1 aromatic heterocycles. The molecular formula is C22H28N2O3. The van der Waals surface area contributed by atoms with Crippen LogP contribution in [0.25, 0.3) is 0 Å². The summed E-state index contributed by atoms with van der Waals surface area (Å²) >= 11 is 0. The van der Waals surface area contributed by atoms with Gasteiger partial charge in [-0.25, -0.2) is 0 Å². The van der Waals surface area contributed by atoms with Crippen LogP contribution in [-0.4, -0.2) is 22.8 Å². The highest BCUT2D eigenvalue weighted by Crippen LogP contribution is 2.15. The van der Waals surface area contributed by atoms with E-state index in [1.807, 2.05) is 0 Å². The Bertz CT molecular complexity index is 798. The van der Waals surface area contributed by atoms with E-state index in [1.54, 1.807) is 42.5 Å². The fourth-order valence-electron chi connectivity index (χ4n) is 3.07. The zero-order valence-corrected chi connectivity index (χ0v) is 16.1. The number of nitrogens with zero attached hydrogens (tertiary/aromatic N) is 1. The minimum atomic E-state index is -1.20. The number of pyridine rings is 1. The van der Waals surface area contributed by atoms with Crippen molar-refractivity contribution in [3.05, 3.63) is 70.6 Å². The molecule has 5 heteroatoms. The molecule has 0 unspecified atom stereocenters. The third-order valence-electron chi connectivity index (χ3n) is 4.79. The van der Waals surface area contributed by atoms with Gasteiger partial charge in [0.2, 0.25) is 0 Å². The minimum Gasteiger partial charge on any atom is -0.354 e. The van der Waals surface area contributed by atoms with Gasteiger partial charge in [-0.2, -0.15) is 0 Å². The highest BCUT2D eigenvalue weighted by Gasteiger charge is 2.30. The SMILES string of the molecule is CCCC[C@H](CC)CNC(=O)[C@@H](C(=O)c1ccccc1)n1ccccc1=O. The first-order valence-electron chi connectivity index (χ1n) is 9.62. The van der Waals surface area contributed by atoms with E-state index in [-0.39, 0.29) is 11.3 Å². The van der Waals surface area contributed by atoms with Crippen LogP contribution in [0.3, 0.4) is 0 Å². The molecule has 144 valence electrons. The van der Waals surface area contributed by atoms with Gasteiger partial charge in [-0.15, -0.1) is 0 Å². The summed E-state index contributed by atoms with van der Waals surface area (Å²) in [6, 6.07) is 12.0. The van der Waals surface area contributed by atoms with E-state index in [9.17, 15) is 14.4 Å². The molecule has 0 fully saturated rings. The number of hydrogen-bond donors (Lipinski definition) is 1. The van der Waals surface area contributed by atoms with E-state index in [0.717, 1.165) is 25.7 Å². The minimum absolute atomic E-state index is 0.369. The maximum atomic E-state index is 13.0. The van der Waals surface area contributed by atoms with Gasteiger partial charge in [0.25, 0.3) is 11.5 Å². The number of rotatable bonds is 10. The van der Waals surface area contributed by atoms with Crippen molar-refractivity contribution in [3.8, 4) is 0 Å². The van der Waals surface area contributed by atoms with Gasteiger partial charge in [-0.1, -0.05) is 69.5 Å². The molecule has 5 nitrogen and oxygen atoms in total. The van der Waals surface area contributed by atoms with Crippen LogP contribution in [0.2, 0.25) is 0 Å². The molecule has 0 saturated heterocycles. The van der Waals surface area contributed by atoms with Crippen LogP contribution in [0, 0.1) is 5.92 Å². The smallest absolute Gasteiger partial charge is 0.251 e. The Labute approximate surface area is 160 Å². The third kappa shape index (κ3) is 5.64. The van der Waals surface area contributed by atoms with Crippen molar-refractivity contribution in [3.63, 3.8) is 0 Å². The van der Waals surface area contributed by atoms with Gasteiger partial charge in [-0.3, -0.25) is 19.0 Å². The largest absolute Gasteiger partial charge is 0.354 e. The van der Waals surface area contributed by atoms with Crippen LogP contribution in [0.4, 0.5) is 0 Å². The number of benzene rings is 1. The van der Waals surface area contributed by atoms with E-state index >= 15 is 0 Å². The summed E-state index contributed by atoms with van der Waals surface area (Å²) in [4.78, 5) is 38.2. The van der Waals surface area contributed by atoms with Crippen LogP contribution in [-0.2, 0) is 4.79 Å². The number of Topliss-reactive ketones (excluding diaryl/α,β-unsaturated/α-hetero) is 1. The predicted molar refractivity (Wildman–Crippen MR) is 107 cm³/mol. The molecule has 2 rings (SSSR count). The zero-order chi connectivity index (χ0) is 19.6.